The van der Waals surface area contributed by atoms with Gasteiger partial charge in [-0.05, 0) is 47.4 Å². The fourth-order valence-corrected chi connectivity index (χ4v) is 3.90. The number of piperazine rings is 1. The van der Waals surface area contributed by atoms with E-state index in [1.165, 1.54) is 33.2 Å². The van der Waals surface area contributed by atoms with Crippen molar-refractivity contribution in [1.82, 2.24) is 4.90 Å². The minimum Gasteiger partial charge on any atom is -0.369 e. The van der Waals surface area contributed by atoms with E-state index in [4.69, 9.17) is 0 Å². The Morgan fingerprint density at radius 3 is 2.32 bits per heavy atom. The predicted octanol–water partition coefficient (Wildman–Crippen LogP) is 4.78. The number of hydrogen-bond donors (Lipinski definition) is 0. The zero-order chi connectivity index (χ0) is 17.2. The molecule has 0 amide bonds. The molecule has 1 saturated heterocycles. The highest BCUT2D eigenvalue weighted by Gasteiger charge is 2.19. The lowest BCUT2D eigenvalue weighted by molar-refractivity contribution is 0.250. The molecule has 0 aromatic heterocycles. The molecule has 0 saturated carbocycles. The number of benzene rings is 3. The topological polar surface area (TPSA) is 6.48 Å². The molecule has 0 aliphatic carbocycles. The standard InChI is InChI=1S/C23H26N2/c1-18-7-5-12-23(19(18)2)25-15-13-24(14-16-25)17-21-10-6-9-20-8-3-4-11-22(20)21/h3-12H,13-17H2,1-2H3. The summed E-state index contributed by atoms with van der Waals surface area (Å²) in [5.41, 5.74) is 5.66. The summed E-state index contributed by atoms with van der Waals surface area (Å²) >= 11 is 0. The third kappa shape index (κ3) is 3.27. The molecule has 3 aromatic rings. The lowest BCUT2D eigenvalue weighted by Crippen LogP contribution is -2.46. The molecular weight excluding hydrogens is 304 g/mol. The summed E-state index contributed by atoms with van der Waals surface area (Å²) in [6, 6.07) is 22.0. The summed E-state index contributed by atoms with van der Waals surface area (Å²) in [7, 11) is 0. The summed E-state index contributed by atoms with van der Waals surface area (Å²) < 4.78 is 0. The molecule has 1 aliphatic rings. The molecule has 3 aromatic carbocycles. The fourth-order valence-electron chi connectivity index (χ4n) is 3.90. The number of hydrogen-bond acceptors (Lipinski definition) is 2. The van der Waals surface area contributed by atoms with E-state index in [0.717, 1.165) is 32.7 Å². The Balaban J connectivity index is 1.46. The Morgan fingerprint density at radius 2 is 1.48 bits per heavy atom. The molecule has 0 unspecified atom stereocenters. The first-order valence-corrected chi connectivity index (χ1v) is 9.22. The van der Waals surface area contributed by atoms with Gasteiger partial charge in [0.2, 0.25) is 0 Å². The zero-order valence-corrected chi connectivity index (χ0v) is 15.2. The van der Waals surface area contributed by atoms with Crippen LogP contribution in [0.2, 0.25) is 0 Å². The van der Waals surface area contributed by atoms with Crippen molar-refractivity contribution in [3.05, 3.63) is 77.4 Å². The van der Waals surface area contributed by atoms with Gasteiger partial charge in [-0.25, -0.2) is 0 Å². The van der Waals surface area contributed by atoms with Crippen LogP contribution in [0.3, 0.4) is 0 Å². The second-order valence-corrected chi connectivity index (χ2v) is 7.12. The molecular formula is C23H26N2. The lowest BCUT2D eigenvalue weighted by atomic mass is 10.0. The van der Waals surface area contributed by atoms with E-state index in [1.807, 2.05) is 0 Å². The van der Waals surface area contributed by atoms with Crippen molar-refractivity contribution in [2.75, 3.05) is 31.1 Å². The van der Waals surface area contributed by atoms with E-state index in [0.29, 0.717) is 0 Å². The Morgan fingerprint density at radius 1 is 0.760 bits per heavy atom. The Labute approximate surface area is 150 Å². The number of nitrogens with zero attached hydrogens (tertiary/aromatic N) is 2. The monoisotopic (exact) mass is 330 g/mol. The molecule has 1 fully saturated rings. The van der Waals surface area contributed by atoms with E-state index in [1.54, 1.807) is 0 Å². The maximum Gasteiger partial charge on any atom is 0.0399 e. The van der Waals surface area contributed by atoms with Gasteiger partial charge in [0.05, 0.1) is 0 Å². The van der Waals surface area contributed by atoms with Crippen LogP contribution in [-0.2, 0) is 6.54 Å². The molecule has 1 heterocycles. The molecule has 1 aliphatic heterocycles. The van der Waals surface area contributed by atoms with Crippen molar-refractivity contribution < 1.29 is 0 Å². The van der Waals surface area contributed by atoms with Crippen LogP contribution in [-0.4, -0.2) is 31.1 Å². The van der Waals surface area contributed by atoms with E-state index in [9.17, 15) is 0 Å². The number of rotatable bonds is 3. The molecule has 0 N–H and O–H groups in total. The van der Waals surface area contributed by atoms with Crippen LogP contribution >= 0.6 is 0 Å². The van der Waals surface area contributed by atoms with Gasteiger partial charge in [0, 0.05) is 38.4 Å². The second-order valence-electron chi connectivity index (χ2n) is 7.12. The second kappa shape index (κ2) is 6.89. The largest absolute Gasteiger partial charge is 0.369 e. The molecule has 4 rings (SSSR count). The average Bonchev–Trinajstić information content (AvgIpc) is 2.65. The third-order valence-corrected chi connectivity index (χ3v) is 5.56. The Bertz CT molecular complexity index is 871. The number of anilines is 1. The highest BCUT2D eigenvalue weighted by Crippen LogP contribution is 2.25. The van der Waals surface area contributed by atoms with Crippen LogP contribution in [0, 0.1) is 13.8 Å². The molecule has 0 spiro atoms. The van der Waals surface area contributed by atoms with E-state index in [-0.39, 0.29) is 0 Å². The van der Waals surface area contributed by atoms with Crippen LogP contribution in [0.15, 0.2) is 60.7 Å². The molecule has 128 valence electrons. The minimum absolute atomic E-state index is 1.04. The summed E-state index contributed by atoms with van der Waals surface area (Å²) in [5, 5.41) is 2.73. The molecule has 0 radical (unpaired) electrons. The van der Waals surface area contributed by atoms with Crippen LogP contribution in [0.1, 0.15) is 16.7 Å². The molecule has 25 heavy (non-hydrogen) atoms. The highest BCUT2D eigenvalue weighted by molar-refractivity contribution is 5.85. The first-order valence-electron chi connectivity index (χ1n) is 9.22. The highest BCUT2D eigenvalue weighted by atomic mass is 15.3. The van der Waals surface area contributed by atoms with Crippen molar-refractivity contribution >= 4 is 16.5 Å². The van der Waals surface area contributed by atoms with Crippen LogP contribution in [0.25, 0.3) is 10.8 Å². The Hall–Kier alpha value is -2.32. The maximum absolute atomic E-state index is 2.59. The van der Waals surface area contributed by atoms with Gasteiger partial charge in [-0.15, -0.1) is 0 Å². The summed E-state index contributed by atoms with van der Waals surface area (Å²) in [5.74, 6) is 0. The fraction of sp³-hybridized carbons (Fsp3) is 0.304. The van der Waals surface area contributed by atoms with Gasteiger partial charge in [0.25, 0.3) is 0 Å². The SMILES string of the molecule is Cc1cccc(N2CCN(Cc3cccc4ccccc34)CC2)c1C. The van der Waals surface area contributed by atoms with Gasteiger partial charge in [-0.3, -0.25) is 4.90 Å². The van der Waals surface area contributed by atoms with Gasteiger partial charge in [-0.2, -0.15) is 0 Å². The third-order valence-electron chi connectivity index (χ3n) is 5.56. The zero-order valence-electron chi connectivity index (χ0n) is 15.2. The van der Waals surface area contributed by atoms with E-state index in [2.05, 4.69) is 84.3 Å². The van der Waals surface area contributed by atoms with Gasteiger partial charge in [-0.1, -0.05) is 54.6 Å². The van der Waals surface area contributed by atoms with Crippen molar-refractivity contribution in [1.29, 1.82) is 0 Å². The predicted molar refractivity (Wildman–Crippen MR) is 107 cm³/mol. The smallest absolute Gasteiger partial charge is 0.0399 e. The molecule has 2 heteroatoms. The maximum atomic E-state index is 2.59. The Kier molecular flexibility index (Phi) is 4.46. The summed E-state index contributed by atoms with van der Waals surface area (Å²) in [6.07, 6.45) is 0. The van der Waals surface area contributed by atoms with E-state index >= 15 is 0 Å². The quantitative estimate of drug-likeness (QED) is 0.682. The molecule has 2 nitrogen and oxygen atoms in total. The van der Waals surface area contributed by atoms with Gasteiger partial charge in [0.1, 0.15) is 0 Å². The summed E-state index contributed by atoms with van der Waals surface area (Å²) in [6.45, 7) is 9.95. The lowest BCUT2D eigenvalue weighted by Gasteiger charge is -2.37. The van der Waals surface area contributed by atoms with Crippen molar-refractivity contribution in [3.63, 3.8) is 0 Å². The first kappa shape index (κ1) is 16.2. The average molecular weight is 330 g/mol. The van der Waals surface area contributed by atoms with Gasteiger partial charge >= 0.3 is 0 Å². The normalized spacial score (nSPS) is 15.7. The summed E-state index contributed by atoms with van der Waals surface area (Å²) in [4.78, 5) is 5.13. The van der Waals surface area contributed by atoms with Crippen molar-refractivity contribution in [2.45, 2.75) is 20.4 Å². The van der Waals surface area contributed by atoms with Crippen LogP contribution in [0.4, 0.5) is 5.69 Å². The van der Waals surface area contributed by atoms with Crippen LogP contribution in [0.5, 0.6) is 0 Å². The van der Waals surface area contributed by atoms with Crippen LogP contribution < -0.4 is 4.90 Å². The van der Waals surface area contributed by atoms with Gasteiger partial charge in [0.15, 0.2) is 0 Å². The van der Waals surface area contributed by atoms with Gasteiger partial charge < -0.3 is 4.90 Å². The van der Waals surface area contributed by atoms with E-state index < -0.39 is 0 Å². The van der Waals surface area contributed by atoms with Crippen molar-refractivity contribution in [2.24, 2.45) is 0 Å². The first-order chi connectivity index (χ1) is 12.2. The van der Waals surface area contributed by atoms with Crippen molar-refractivity contribution in [3.8, 4) is 0 Å². The molecule has 0 atom stereocenters. The molecule has 0 bridgehead atoms. The number of fused-ring (bicyclic) bond motifs is 1. The minimum atomic E-state index is 1.04. The number of aryl methyl sites for hydroxylation is 1.